The van der Waals surface area contributed by atoms with E-state index in [9.17, 15) is 9.59 Å². The van der Waals surface area contributed by atoms with E-state index in [1.54, 1.807) is 20.2 Å². The Hall–Kier alpha value is -1.32. The molecule has 0 heterocycles. The zero-order valence-electron chi connectivity index (χ0n) is 14.5. The van der Waals surface area contributed by atoms with Crippen LogP contribution in [0.4, 0.5) is 0 Å². The summed E-state index contributed by atoms with van der Waals surface area (Å²) < 4.78 is 0. The molecule has 0 aromatic heterocycles. The molecule has 0 aliphatic rings. The fourth-order valence-corrected chi connectivity index (χ4v) is 2.41. The first-order valence-electron chi connectivity index (χ1n) is 8.58. The highest BCUT2D eigenvalue weighted by molar-refractivity contribution is 5.84. The van der Waals surface area contributed by atoms with Crippen molar-refractivity contribution in [3.05, 3.63) is 12.2 Å². The van der Waals surface area contributed by atoms with Gasteiger partial charge in [-0.15, -0.1) is 0 Å². The average Bonchev–Trinajstić information content (AvgIpc) is 2.46. The standard InChI is InChI=1S/C18H33NO3/c1-4-5-6-7-8-9-10-11-12-13-14-16(15-17(20)21)18(22)19(2)3/h13-14,16H,4-12,15H2,1-3H3,(H,20,21). The summed E-state index contributed by atoms with van der Waals surface area (Å²) in [7, 11) is 3.31. The second-order valence-corrected chi connectivity index (χ2v) is 6.13. The lowest BCUT2D eigenvalue weighted by atomic mass is 10.0. The number of hydrogen-bond donors (Lipinski definition) is 1. The van der Waals surface area contributed by atoms with E-state index in [1.165, 1.54) is 49.8 Å². The van der Waals surface area contributed by atoms with Crippen LogP contribution in [0.3, 0.4) is 0 Å². The SMILES string of the molecule is CCCCCCCCCCC=CC(CC(=O)O)C(=O)N(C)C. The summed E-state index contributed by atoms with van der Waals surface area (Å²) >= 11 is 0. The fraction of sp³-hybridized carbons (Fsp3) is 0.778. The number of carboxylic acids is 1. The number of aliphatic carboxylic acids is 1. The summed E-state index contributed by atoms with van der Waals surface area (Å²) in [5.74, 6) is -1.62. The van der Waals surface area contributed by atoms with Gasteiger partial charge in [0.1, 0.15) is 0 Å². The molecule has 0 saturated heterocycles. The van der Waals surface area contributed by atoms with Crippen molar-refractivity contribution in [3.8, 4) is 0 Å². The number of nitrogens with zero attached hydrogens (tertiary/aromatic N) is 1. The van der Waals surface area contributed by atoms with Crippen LogP contribution < -0.4 is 0 Å². The minimum atomic E-state index is -0.933. The van der Waals surface area contributed by atoms with Crippen LogP contribution in [-0.4, -0.2) is 36.0 Å². The van der Waals surface area contributed by atoms with Crippen LogP contribution in [0.25, 0.3) is 0 Å². The summed E-state index contributed by atoms with van der Waals surface area (Å²) in [5, 5.41) is 8.87. The lowest BCUT2D eigenvalue weighted by Gasteiger charge is -2.16. The molecule has 0 aliphatic heterocycles. The second-order valence-electron chi connectivity index (χ2n) is 6.13. The molecule has 4 nitrogen and oxygen atoms in total. The molecule has 128 valence electrons. The minimum Gasteiger partial charge on any atom is -0.481 e. The van der Waals surface area contributed by atoms with Gasteiger partial charge in [-0.1, -0.05) is 64.0 Å². The highest BCUT2D eigenvalue weighted by Gasteiger charge is 2.20. The first-order valence-corrected chi connectivity index (χ1v) is 8.58. The van der Waals surface area contributed by atoms with Crippen LogP contribution in [0.5, 0.6) is 0 Å². The van der Waals surface area contributed by atoms with Gasteiger partial charge in [-0.05, 0) is 12.8 Å². The monoisotopic (exact) mass is 311 g/mol. The molecule has 1 amide bonds. The van der Waals surface area contributed by atoms with Crippen molar-refractivity contribution in [3.63, 3.8) is 0 Å². The molecular weight excluding hydrogens is 278 g/mol. The Bertz CT molecular complexity index is 337. The number of rotatable bonds is 13. The molecule has 0 aromatic rings. The smallest absolute Gasteiger partial charge is 0.304 e. The van der Waals surface area contributed by atoms with Crippen molar-refractivity contribution in [1.82, 2.24) is 4.90 Å². The summed E-state index contributed by atoms with van der Waals surface area (Å²) in [6.07, 6.45) is 14.7. The quantitative estimate of drug-likeness (QED) is 0.408. The largest absolute Gasteiger partial charge is 0.481 e. The normalized spacial score (nSPS) is 12.5. The van der Waals surface area contributed by atoms with E-state index in [0.29, 0.717) is 0 Å². The van der Waals surface area contributed by atoms with Gasteiger partial charge in [0.15, 0.2) is 0 Å². The second kappa shape index (κ2) is 13.4. The van der Waals surface area contributed by atoms with Crippen molar-refractivity contribution in [2.75, 3.05) is 14.1 Å². The highest BCUT2D eigenvalue weighted by atomic mass is 16.4. The maximum atomic E-state index is 11.9. The van der Waals surface area contributed by atoms with E-state index < -0.39 is 11.9 Å². The summed E-state index contributed by atoms with van der Waals surface area (Å²) in [5.41, 5.74) is 0. The van der Waals surface area contributed by atoms with Crippen LogP contribution in [0, 0.1) is 5.92 Å². The van der Waals surface area contributed by atoms with Gasteiger partial charge < -0.3 is 10.0 Å². The predicted octanol–water partition coefficient (Wildman–Crippen LogP) is 4.25. The van der Waals surface area contributed by atoms with Gasteiger partial charge in [-0.2, -0.15) is 0 Å². The Morgan fingerprint density at radius 3 is 2.05 bits per heavy atom. The Morgan fingerprint density at radius 1 is 1.00 bits per heavy atom. The van der Waals surface area contributed by atoms with Gasteiger partial charge >= 0.3 is 5.97 Å². The number of carbonyl (C=O) groups excluding carboxylic acids is 1. The number of amides is 1. The summed E-state index contributed by atoms with van der Waals surface area (Å²) in [6, 6.07) is 0. The first kappa shape index (κ1) is 20.7. The third-order valence-corrected chi connectivity index (χ3v) is 3.75. The molecule has 0 spiro atoms. The van der Waals surface area contributed by atoms with Crippen molar-refractivity contribution >= 4 is 11.9 Å². The average molecular weight is 311 g/mol. The molecule has 1 unspecified atom stereocenters. The van der Waals surface area contributed by atoms with E-state index in [4.69, 9.17) is 5.11 Å². The lowest BCUT2D eigenvalue weighted by Crippen LogP contribution is -2.30. The molecule has 1 N–H and O–H groups in total. The number of allylic oxidation sites excluding steroid dienone is 1. The summed E-state index contributed by atoms with van der Waals surface area (Å²) in [4.78, 5) is 24.1. The molecule has 0 saturated carbocycles. The van der Waals surface area contributed by atoms with Gasteiger partial charge in [0.2, 0.25) is 5.91 Å². The predicted molar refractivity (Wildman–Crippen MR) is 90.8 cm³/mol. The highest BCUT2D eigenvalue weighted by Crippen LogP contribution is 2.12. The van der Waals surface area contributed by atoms with Crippen molar-refractivity contribution in [2.24, 2.45) is 5.92 Å². The van der Waals surface area contributed by atoms with Crippen LogP contribution in [0.2, 0.25) is 0 Å². The van der Waals surface area contributed by atoms with Crippen LogP contribution >= 0.6 is 0 Å². The zero-order valence-corrected chi connectivity index (χ0v) is 14.5. The Kier molecular flexibility index (Phi) is 12.5. The van der Waals surface area contributed by atoms with Crippen LogP contribution in [0.15, 0.2) is 12.2 Å². The van der Waals surface area contributed by atoms with Gasteiger partial charge in [0.25, 0.3) is 0 Å². The molecule has 0 radical (unpaired) electrons. The molecule has 0 fully saturated rings. The Balaban J connectivity index is 3.86. The molecule has 0 bridgehead atoms. The number of carbonyl (C=O) groups is 2. The first-order chi connectivity index (χ1) is 10.5. The third kappa shape index (κ3) is 11.4. The molecule has 0 rings (SSSR count). The third-order valence-electron chi connectivity index (χ3n) is 3.75. The van der Waals surface area contributed by atoms with E-state index in [-0.39, 0.29) is 12.3 Å². The van der Waals surface area contributed by atoms with E-state index in [0.717, 1.165) is 12.8 Å². The maximum Gasteiger partial charge on any atom is 0.304 e. The van der Waals surface area contributed by atoms with Crippen molar-refractivity contribution in [1.29, 1.82) is 0 Å². The molecule has 0 aliphatic carbocycles. The maximum absolute atomic E-state index is 11.9. The van der Waals surface area contributed by atoms with Crippen molar-refractivity contribution < 1.29 is 14.7 Å². The molecule has 22 heavy (non-hydrogen) atoms. The minimum absolute atomic E-state index is 0.134. The van der Waals surface area contributed by atoms with Crippen LogP contribution in [0.1, 0.15) is 71.1 Å². The van der Waals surface area contributed by atoms with Gasteiger partial charge in [-0.25, -0.2) is 0 Å². The van der Waals surface area contributed by atoms with Gasteiger partial charge in [-0.3, -0.25) is 9.59 Å². The van der Waals surface area contributed by atoms with Gasteiger partial charge in [0, 0.05) is 14.1 Å². The van der Waals surface area contributed by atoms with Crippen LogP contribution in [-0.2, 0) is 9.59 Å². The molecule has 0 aromatic carbocycles. The van der Waals surface area contributed by atoms with E-state index in [1.807, 2.05) is 6.08 Å². The number of carboxylic acid groups (broad SMARTS) is 1. The summed E-state index contributed by atoms with van der Waals surface area (Å²) in [6.45, 7) is 2.23. The molecule has 1 atom stereocenters. The van der Waals surface area contributed by atoms with Crippen molar-refractivity contribution in [2.45, 2.75) is 71.1 Å². The number of hydrogen-bond acceptors (Lipinski definition) is 2. The lowest BCUT2D eigenvalue weighted by molar-refractivity contribution is -0.142. The van der Waals surface area contributed by atoms with E-state index >= 15 is 0 Å². The molecular formula is C18H33NO3. The van der Waals surface area contributed by atoms with E-state index in [2.05, 4.69) is 6.92 Å². The Morgan fingerprint density at radius 2 is 1.55 bits per heavy atom. The molecule has 4 heteroatoms. The zero-order chi connectivity index (χ0) is 16.8. The topological polar surface area (TPSA) is 57.6 Å². The Labute approximate surface area is 135 Å². The van der Waals surface area contributed by atoms with Gasteiger partial charge in [0.05, 0.1) is 12.3 Å². The number of unbranched alkanes of at least 4 members (excludes halogenated alkanes) is 8. The fourth-order valence-electron chi connectivity index (χ4n) is 2.41.